The van der Waals surface area contributed by atoms with Gasteiger partial charge in [-0.3, -0.25) is 9.80 Å². The monoisotopic (exact) mass is 213 g/mol. The highest BCUT2D eigenvalue weighted by atomic mass is 16.2. The SMILES string of the molecule is CC(CN)CN1NC(C)(C(C)C)CC1=O. The topological polar surface area (TPSA) is 58.4 Å². The summed E-state index contributed by atoms with van der Waals surface area (Å²) in [4.78, 5) is 11.8. The Labute approximate surface area is 92.2 Å². The van der Waals surface area contributed by atoms with Gasteiger partial charge in [-0.25, -0.2) is 5.43 Å². The van der Waals surface area contributed by atoms with E-state index in [-0.39, 0.29) is 11.4 Å². The van der Waals surface area contributed by atoms with Crippen LogP contribution in [0.3, 0.4) is 0 Å². The van der Waals surface area contributed by atoms with Crippen molar-refractivity contribution >= 4 is 5.91 Å². The van der Waals surface area contributed by atoms with E-state index < -0.39 is 0 Å². The van der Waals surface area contributed by atoms with Gasteiger partial charge in [0.2, 0.25) is 5.91 Å². The van der Waals surface area contributed by atoms with E-state index >= 15 is 0 Å². The van der Waals surface area contributed by atoms with E-state index in [9.17, 15) is 4.79 Å². The van der Waals surface area contributed by atoms with Crippen LogP contribution in [0.5, 0.6) is 0 Å². The van der Waals surface area contributed by atoms with Gasteiger partial charge in [-0.15, -0.1) is 0 Å². The van der Waals surface area contributed by atoms with E-state index in [1.165, 1.54) is 0 Å². The average Bonchev–Trinajstić information content (AvgIpc) is 2.43. The molecule has 1 saturated heterocycles. The van der Waals surface area contributed by atoms with E-state index in [1.54, 1.807) is 5.01 Å². The first-order chi connectivity index (χ1) is 6.89. The molecule has 1 rings (SSSR count). The summed E-state index contributed by atoms with van der Waals surface area (Å²) < 4.78 is 0. The Hall–Kier alpha value is -0.610. The summed E-state index contributed by atoms with van der Waals surface area (Å²) in [7, 11) is 0. The Balaban J connectivity index is 2.60. The number of hydrogen-bond acceptors (Lipinski definition) is 3. The predicted octanol–water partition coefficient (Wildman–Crippen LogP) is 0.733. The number of hydrogen-bond donors (Lipinski definition) is 2. The molecule has 1 fully saturated rings. The number of amides is 1. The quantitative estimate of drug-likeness (QED) is 0.724. The molecule has 0 aromatic rings. The van der Waals surface area contributed by atoms with Crippen LogP contribution in [-0.4, -0.2) is 29.5 Å². The lowest BCUT2D eigenvalue weighted by Crippen LogP contribution is -2.49. The zero-order chi connectivity index (χ0) is 11.6. The van der Waals surface area contributed by atoms with E-state index in [4.69, 9.17) is 5.73 Å². The zero-order valence-corrected chi connectivity index (χ0v) is 10.2. The van der Waals surface area contributed by atoms with Crippen LogP contribution in [0.4, 0.5) is 0 Å². The van der Waals surface area contributed by atoms with Crippen LogP contribution in [0.1, 0.15) is 34.1 Å². The van der Waals surface area contributed by atoms with Crippen LogP contribution in [0, 0.1) is 11.8 Å². The van der Waals surface area contributed by atoms with Crippen molar-refractivity contribution in [2.24, 2.45) is 17.6 Å². The van der Waals surface area contributed by atoms with E-state index in [0.717, 1.165) is 0 Å². The Morgan fingerprint density at radius 3 is 2.53 bits per heavy atom. The summed E-state index contributed by atoms with van der Waals surface area (Å²) >= 11 is 0. The Kier molecular flexibility index (Phi) is 3.73. The summed E-state index contributed by atoms with van der Waals surface area (Å²) in [6.45, 7) is 9.75. The van der Waals surface area contributed by atoms with Crippen LogP contribution in [0.2, 0.25) is 0 Å². The minimum Gasteiger partial charge on any atom is -0.330 e. The van der Waals surface area contributed by atoms with Crippen molar-refractivity contribution in [2.75, 3.05) is 13.1 Å². The summed E-state index contributed by atoms with van der Waals surface area (Å²) in [6, 6.07) is 0. The van der Waals surface area contributed by atoms with E-state index in [2.05, 4.69) is 33.1 Å². The molecule has 4 nitrogen and oxygen atoms in total. The van der Waals surface area contributed by atoms with Gasteiger partial charge in [-0.2, -0.15) is 0 Å². The van der Waals surface area contributed by atoms with E-state index in [1.807, 2.05) is 0 Å². The molecule has 0 saturated carbocycles. The van der Waals surface area contributed by atoms with Crippen molar-refractivity contribution in [2.45, 2.75) is 39.7 Å². The van der Waals surface area contributed by atoms with Gasteiger partial charge < -0.3 is 5.73 Å². The molecule has 2 atom stereocenters. The molecule has 0 radical (unpaired) electrons. The van der Waals surface area contributed by atoms with Gasteiger partial charge in [0.05, 0.1) is 0 Å². The maximum Gasteiger partial charge on any atom is 0.238 e. The van der Waals surface area contributed by atoms with Crippen LogP contribution in [0.25, 0.3) is 0 Å². The third-order valence-electron chi connectivity index (χ3n) is 3.38. The number of hydrazine groups is 1. The van der Waals surface area contributed by atoms with Crippen LogP contribution in [-0.2, 0) is 4.79 Å². The number of nitrogens with one attached hydrogen (secondary N) is 1. The number of carbonyl (C=O) groups is 1. The molecular formula is C11H23N3O. The molecule has 0 aliphatic carbocycles. The lowest BCUT2D eigenvalue weighted by molar-refractivity contribution is -0.130. The lowest BCUT2D eigenvalue weighted by atomic mass is 9.87. The van der Waals surface area contributed by atoms with Crippen LogP contribution >= 0.6 is 0 Å². The van der Waals surface area contributed by atoms with Gasteiger partial charge in [-0.1, -0.05) is 20.8 Å². The molecule has 0 spiro atoms. The summed E-state index contributed by atoms with van der Waals surface area (Å²) in [5, 5.41) is 1.73. The van der Waals surface area contributed by atoms with Crippen molar-refractivity contribution in [1.82, 2.24) is 10.4 Å². The molecule has 0 aromatic heterocycles. The van der Waals surface area contributed by atoms with E-state index in [0.29, 0.717) is 31.3 Å². The highest BCUT2D eigenvalue weighted by Gasteiger charge is 2.41. The Morgan fingerprint density at radius 1 is 1.53 bits per heavy atom. The molecule has 1 heterocycles. The molecule has 3 N–H and O–H groups in total. The lowest BCUT2D eigenvalue weighted by Gasteiger charge is -2.30. The molecule has 88 valence electrons. The van der Waals surface area contributed by atoms with Gasteiger partial charge in [0.1, 0.15) is 0 Å². The normalized spacial score (nSPS) is 28.9. The fraction of sp³-hybridized carbons (Fsp3) is 0.909. The smallest absolute Gasteiger partial charge is 0.238 e. The number of carbonyl (C=O) groups excluding carboxylic acids is 1. The second kappa shape index (κ2) is 4.49. The first-order valence-corrected chi connectivity index (χ1v) is 5.67. The largest absolute Gasteiger partial charge is 0.330 e. The maximum absolute atomic E-state index is 11.8. The maximum atomic E-state index is 11.8. The van der Waals surface area contributed by atoms with Crippen molar-refractivity contribution < 1.29 is 4.79 Å². The zero-order valence-electron chi connectivity index (χ0n) is 10.2. The highest BCUT2D eigenvalue weighted by Crippen LogP contribution is 2.27. The van der Waals surface area contributed by atoms with Crippen LogP contribution in [0.15, 0.2) is 0 Å². The fourth-order valence-corrected chi connectivity index (χ4v) is 1.69. The third-order valence-corrected chi connectivity index (χ3v) is 3.38. The first-order valence-electron chi connectivity index (χ1n) is 5.67. The molecule has 1 aliphatic rings. The van der Waals surface area contributed by atoms with Gasteiger partial charge >= 0.3 is 0 Å². The van der Waals surface area contributed by atoms with Gasteiger partial charge in [0, 0.05) is 18.5 Å². The Bertz CT molecular complexity index is 242. The van der Waals surface area contributed by atoms with Crippen molar-refractivity contribution in [3.63, 3.8) is 0 Å². The average molecular weight is 213 g/mol. The van der Waals surface area contributed by atoms with Crippen molar-refractivity contribution in [1.29, 1.82) is 0 Å². The third kappa shape index (κ3) is 2.69. The fourth-order valence-electron chi connectivity index (χ4n) is 1.69. The number of rotatable bonds is 4. The minimum atomic E-state index is -0.0919. The molecular weight excluding hydrogens is 190 g/mol. The molecule has 0 aromatic carbocycles. The van der Waals surface area contributed by atoms with Crippen molar-refractivity contribution in [3.05, 3.63) is 0 Å². The predicted molar refractivity (Wildman–Crippen MR) is 60.9 cm³/mol. The summed E-state index contributed by atoms with van der Waals surface area (Å²) in [6.07, 6.45) is 0.585. The first kappa shape index (κ1) is 12.5. The van der Waals surface area contributed by atoms with Crippen LogP contribution < -0.4 is 11.2 Å². The minimum absolute atomic E-state index is 0.0919. The molecule has 1 aliphatic heterocycles. The Morgan fingerprint density at radius 2 is 2.13 bits per heavy atom. The van der Waals surface area contributed by atoms with Gasteiger partial charge in [-0.05, 0) is 25.3 Å². The standard InChI is InChI=1S/C11H23N3O/c1-8(2)11(4)5-10(15)14(13-11)7-9(3)6-12/h8-9,13H,5-7,12H2,1-4H3. The molecule has 15 heavy (non-hydrogen) atoms. The molecule has 2 unspecified atom stereocenters. The summed E-state index contributed by atoms with van der Waals surface area (Å²) in [5.74, 6) is 0.974. The second-order valence-electron chi connectivity index (χ2n) is 5.21. The highest BCUT2D eigenvalue weighted by molar-refractivity contribution is 5.79. The molecule has 0 bridgehead atoms. The molecule has 4 heteroatoms. The van der Waals surface area contributed by atoms with Crippen molar-refractivity contribution in [3.8, 4) is 0 Å². The number of nitrogens with zero attached hydrogens (tertiary/aromatic N) is 1. The van der Waals surface area contributed by atoms with Gasteiger partial charge in [0.15, 0.2) is 0 Å². The number of nitrogens with two attached hydrogens (primary N) is 1. The summed E-state index contributed by atoms with van der Waals surface area (Å²) in [5.41, 5.74) is 8.78. The molecule has 1 amide bonds. The second-order valence-corrected chi connectivity index (χ2v) is 5.21. The van der Waals surface area contributed by atoms with Gasteiger partial charge in [0.25, 0.3) is 0 Å².